The number of nitrogens with two attached hydrogens (primary N) is 1. The van der Waals surface area contributed by atoms with Crippen molar-refractivity contribution in [3.05, 3.63) is 29.8 Å². The van der Waals surface area contributed by atoms with Gasteiger partial charge in [0, 0.05) is 13.1 Å². The van der Waals surface area contributed by atoms with Crippen LogP contribution in [0.2, 0.25) is 0 Å². The molecule has 1 fully saturated rings. The van der Waals surface area contributed by atoms with Crippen molar-refractivity contribution in [2.45, 2.75) is 51.5 Å². The summed E-state index contributed by atoms with van der Waals surface area (Å²) in [6.45, 7) is 4.95. The van der Waals surface area contributed by atoms with Crippen molar-refractivity contribution in [3.63, 3.8) is 0 Å². The van der Waals surface area contributed by atoms with E-state index in [1.54, 1.807) is 0 Å². The van der Waals surface area contributed by atoms with Crippen LogP contribution in [0.3, 0.4) is 0 Å². The lowest BCUT2D eigenvalue weighted by molar-refractivity contribution is -0.132. The van der Waals surface area contributed by atoms with Crippen LogP contribution in [-0.2, 0) is 16.1 Å². The number of carbonyl (C=O) groups is 1. The molecule has 1 aromatic carbocycles. The SMILES string of the molecule is CC(C)Oc1ccc(CNC(=O)[C@@H]2CC[C@H](CN)O2)cc1.Cl. The Labute approximate surface area is 138 Å². The summed E-state index contributed by atoms with van der Waals surface area (Å²) in [7, 11) is 0. The van der Waals surface area contributed by atoms with Gasteiger partial charge in [0.1, 0.15) is 11.9 Å². The molecule has 6 heteroatoms. The van der Waals surface area contributed by atoms with Crippen LogP contribution < -0.4 is 15.8 Å². The summed E-state index contributed by atoms with van der Waals surface area (Å²) < 4.78 is 11.1. The van der Waals surface area contributed by atoms with Gasteiger partial charge in [0.25, 0.3) is 0 Å². The zero-order valence-electron chi connectivity index (χ0n) is 13.1. The summed E-state index contributed by atoms with van der Waals surface area (Å²) in [5.41, 5.74) is 6.58. The average Bonchev–Trinajstić information content (AvgIpc) is 2.94. The third-order valence-corrected chi connectivity index (χ3v) is 3.42. The van der Waals surface area contributed by atoms with Crippen LogP contribution in [0, 0.1) is 0 Å². The molecule has 1 saturated heterocycles. The Hall–Kier alpha value is -1.30. The largest absolute Gasteiger partial charge is 0.491 e. The second-order valence-electron chi connectivity index (χ2n) is 5.59. The second-order valence-corrected chi connectivity index (χ2v) is 5.59. The van der Waals surface area contributed by atoms with Crippen LogP contribution in [0.5, 0.6) is 5.75 Å². The molecule has 2 rings (SSSR count). The van der Waals surface area contributed by atoms with Gasteiger partial charge in [0.15, 0.2) is 0 Å². The maximum absolute atomic E-state index is 12.0. The normalized spacial score (nSPS) is 20.5. The Morgan fingerprint density at radius 1 is 1.36 bits per heavy atom. The summed E-state index contributed by atoms with van der Waals surface area (Å²) in [5, 5.41) is 2.90. The third-order valence-electron chi connectivity index (χ3n) is 3.42. The number of hydrogen-bond donors (Lipinski definition) is 2. The Kier molecular flexibility index (Phi) is 7.65. The molecule has 5 nitrogen and oxygen atoms in total. The molecule has 124 valence electrons. The van der Waals surface area contributed by atoms with E-state index in [0.717, 1.165) is 24.2 Å². The van der Waals surface area contributed by atoms with Crippen LogP contribution >= 0.6 is 12.4 Å². The number of amides is 1. The lowest BCUT2D eigenvalue weighted by atomic mass is 10.1. The van der Waals surface area contributed by atoms with E-state index >= 15 is 0 Å². The van der Waals surface area contributed by atoms with Gasteiger partial charge < -0.3 is 20.5 Å². The summed E-state index contributed by atoms with van der Waals surface area (Å²) in [5.74, 6) is 0.776. The fourth-order valence-electron chi connectivity index (χ4n) is 2.33. The minimum atomic E-state index is -0.359. The van der Waals surface area contributed by atoms with Gasteiger partial charge in [-0.1, -0.05) is 12.1 Å². The lowest BCUT2D eigenvalue weighted by Gasteiger charge is -2.13. The molecular weight excluding hydrogens is 304 g/mol. The van der Waals surface area contributed by atoms with Gasteiger partial charge in [-0.15, -0.1) is 12.4 Å². The fourth-order valence-corrected chi connectivity index (χ4v) is 2.33. The van der Waals surface area contributed by atoms with Crippen LogP contribution in [0.4, 0.5) is 0 Å². The molecule has 1 aliphatic rings. The predicted molar refractivity (Wildman–Crippen MR) is 88.3 cm³/mol. The van der Waals surface area contributed by atoms with Crippen LogP contribution in [-0.4, -0.2) is 30.8 Å². The summed E-state index contributed by atoms with van der Waals surface area (Å²) >= 11 is 0. The highest BCUT2D eigenvalue weighted by molar-refractivity contribution is 5.85. The van der Waals surface area contributed by atoms with E-state index in [1.165, 1.54) is 0 Å². The van der Waals surface area contributed by atoms with E-state index in [1.807, 2.05) is 38.1 Å². The molecule has 0 radical (unpaired) electrons. The van der Waals surface area contributed by atoms with E-state index in [2.05, 4.69) is 5.32 Å². The Bertz CT molecular complexity index is 465. The first-order valence-corrected chi connectivity index (χ1v) is 7.47. The molecule has 1 heterocycles. The summed E-state index contributed by atoms with van der Waals surface area (Å²) in [4.78, 5) is 12.0. The number of benzene rings is 1. The van der Waals surface area contributed by atoms with Crippen molar-refractivity contribution in [1.29, 1.82) is 0 Å². The lowest BCUT2D eigenvalue weighted by Crippen LogP contribution is -2.35. The number of hydrogen-bond acceptors (Lipinski definition) is 4. The van der Waals surface area contributed by atoms with Crippen molar-refractivity contribution in [1.82, 2.24) is 5.32 Å². The number of ether oxygens (including phenoxy) is 2. The molecule has 0 aromatic heterocycles. The minimum absolute atomic E-state index is 0. The molecular formula is C16H25ClN2O3. The third kappa shape index (κ3) is 5.48. The van der Waals surface area contributed by atoms with Crippen molar-refractivity contribution in [2.24, 2.45) is 5.73 Å². The maximum atomic E-state index is 12.0. The standard InChI is InChI=1S/C16H24N2O3.ClH/c1-11(2)20-13-5-3-12(4-6-13)10-18-16(19)15-8-7-14(9-17)21-15;/h3-6,11,14-15H,7-10,17H2,1-2H3,(H,18,19);1H/t14-,15+;/m1./s1. The molecule has 0 spiro atoms. The maximum Gasteiger partial charge on any atom is 0.249 e. The molecule has 0 aliphatic carbocycles. The highest BCUT2D eigenvalue weighted by Gasteiger charge is 2.29. The van der Waals surface area contributed by atoms with Gasteiger partial charge in [0.05, 0.1) is 12.2 Å². The van der Waals surface area contributed by atoms with Crippen molar-refractivity contribution in [3.8, 4) is 5.75 Å². The molecule has 0 saturated carbocycles. The number of halogens is 1. The zero-order chi connectivity index (χ0) is 15.2. The van der Waals surface area contributed by atoms with Crippen molar-refractivity contribution >= 4 is 18.3 Å². The van der Waals surface area contributed by atoms with Crippen LogP contribution in [0.25, 0.3) is 0 Å². The van der Waals surface area contributed by atoms with E-state index in [9.17, 15) is 4.79 Å². The fraction of sp³-hybridized carbons (Fsp3) is 0.562. The molecule has 0 bridgehead atoms. The van der Waals surface area contributed by atoms with Gasteiger partial charge in [-0.05, 0) is 44.4 Å². The van der Waals surface area contributed by atoms with Gasteiger partial charge >= 0.3 is 0 Å². The van der Waals surface area contributed by atoms with Gasteiger partial charge in [0.2, 0.25) is 5.91 Å². The predicted octanol–water partition coefficient (Wildman–Crippen LogP) is 2.02. The number of nitrogens with one attached hydrogen (secondary N) is 1. The Morgan fingerprint density at radius 3 is 2.59 bits per heavy atom. The number of rotatable bonds is 6. The van der Waals surface area contributed by atoms with Gasteiger partial charge in [-0.3, -0.25) is 4.79 Å². The van der Waals surface area contributed by atoms with E-state index in [0.29, 0.717) is 13.1 Å². The van der Waals surface area contributed by atoms with E-state index in [-0.39, 0.29) is 36.6 Å². The Balaban J connectivity index is 0.00000242. The Morgan fingerprint density at radius 2 is 2.05 bits per heavy atom. The monoisotopic (exact) mass is 328 g/mol. The topological polar surface area (TPSA) is 73.6 Å². The minimum Gasteiger partial charge on any atom is -0.491 e. The molecule has 2 atom stereocenters. The van der Waals surface area contributed by atoms with Crippen LogP contribution in [0.1, 0.15) is 32.3 Å². The molecule has 0 unspecified atom stereocenters. The second kappa shape index (κ2) is 8.98. The molecule has 3 N–H and O–H groups in total. The molecule has 1 aliphatic heterocycles. The summed E-state index contributed by atoms with van der Waals surface area (Å²) in [6.07, 6.45) is 1.42. The first kappa shape index (κ1) is 18.7. The first-order valence-electron chi connectivity index (χ1n) is 7.47. The highest BCUT2D eigenvalue weighted by Crippen LogP contribution is 2.19. The average molecular weight is 329 g/mol. The quantitative estimate of drug-likeness (QED) is 0.838. The van der Waals surface area contributed by atoms with Gasteiger partial charge in [-0.2, -0.15) is 0 Å². The summed E-state index contributed by atoms with van der Waals surface area (Å²) in [6, 6.07) is 7.74. The van der Waals surface area contributed by atoms with Crippen LogP contribution in [0.15, 0.2) is 24.3 Å². The highest BCUT2D eigenvalue weighted by atomic mass is 35.5. The molecule has 22 heavy (non-hydrogen) atoms. The zero-order valence-corrected chi connectivity index (χ0v) is 13.9. The van der Waals surface area contributed by atoms with E-state index in [4.69, 9.17) is 15.2 Å². The smallest absolute Gasteiger partial charge is 0.249 e. The molecule has 1 aromatic rings. The van der Waals surface area contributed by atoms with Crippen molar-refractivity contribution < 1.29 is 14.3 Å². The van der Waals surface area contributed by atoms with Gasteiger partial charge in [-0.25, -0.2) is 0 Å². The molecule has 1 amide bonds. The first-order chi connectivity index (χ1) is 10.1. The van der Waals surface area contributed by atoms with E-state index < -0.39 is 0 Å². The number of carbonyl (C=O) groups excluding carboxylic acids is 1. The van der Waals surface area contributed by atoms with Crippen molar-refractivity contribution in [2.75, 3.05) is 6.54 Å².